The van der Waals surface area contributed by atoms with Crippen molar-refractivity contribution in [2.24, 2.45) is 0 Å². The molecule has 30 heavy (non-hydrogen) atoms. The fourth-order valence-corrected chi connectivity index (χ4v) is 5.21. The lowest BCUT2D eigenvalue weighted by molar-refractivity contribution is -0.116. The predicted molar refractivity (Wildman–Crippen MR) is 118 cm³/mol. The van der Waals surface area contributed by atoms with Gasteiger partial charge in [-0.05, 0) is 48.2 Å². The molecule has 1 amide bonds. The highest BCUT2D eigenvalue weighted by molar-refractivity contribution is 7.89. The third-order valence-corrected chi connectivity index (χ3v) is 7.25. The van der Waals surface area contributed by atoms with Crippen LogP contribution in [0.5, 0.6) is 5.75 Å². The van der Waals surface area contributed by atoms with E-state index in [4.69, 9.17) is 16.3 Å². The number of ether oxygens (including phenoxy) is 1. The van der Waals surface area contributed by atoms with Crippen molar-refractivity contribution in [1.82, 2.24) is 9.62 Å². The first-order chi connectivity index (χ1) is 14.4. The molecular formula is C22H25ClN2O4S. The molecule has 1 aliphatic rings. The molecule has 0 saturated carbocycles. The fourth-order valence-electron chi connectivity index (χ4n) is 3.30. The van der Waals surface area contributed by atoms with Crippen molar-refractivity contribution in [1.29, 1.82) is 0 Å². The van der Waals surface area contributed by atoms with Crippen LogP contribution in [0.1, 0.15) is 30.4 Å². The fraction of sp³-hybridized carbons (Fsp3) is 0.318. The van der Waals surface area contributed by atoms with Gasteiger partial charge in [-0.1, -0.05) is 42.3 Å². The molecule has 0 unspecified atom stereocenters. The molecule has 0 bridgehead atoms. The first kappa shape index (κ1) is 22.3. The van der Waals surface area contributed by atoms with Gasteiger partial charge in [0.15, 0.2) is 0 Å². The van der Waals surface area contributed by atoms with Crippen LogP contribution in [0.3, 0.4) is 0 Å². The summed E-state index contributed by atoms with van der Waals surface area (Å²) in [5.74, 6) is -0.00734. The van der Waals surface area contributed by atoms with Crippen molar-refractivity contribution in [3.8, 4) is 5.75 Å². The van der Waals surface area contributed by atoms with Crippen molar-refractivity contribution in [3.63, 3.8) is 0 Å². The number of hydrogen-bond donors (Lipinski definition) is 1. The van der Waals surface area contributed by atoms with Crippen molar-refractivity contribution in [2.45, 2.75) is 30.7 Å². The average molecular weight is 449 g/mol. The maximum Gasteiger partial charge on any atom is 0.246 e. The van der Waals surface area contributed by atoms with E-state index < -0.39 is 10.0 Å². The second-order valence-electron chi connectivity index (χ2n) is 7.02. The monoisotopic (exact) mass is 448 g/mol. The Labute approximate surface area is 182 Å². The minimum atomic E-state index is -3.66. The van der Waals surface area contributed by atoms with E-state index in [0.717, 1.165) is 24.8 Å². The standard InChI is InChI=1S/C22H25ClN2O4S/c1-29-20-11-9-17(15-21(20)30(27,28)25-13-5-2-6-14-25)10-12-22(26)24-16-18-7-3-4-8-19(18)23/h3-4,7-12,15H,2,5-6,13-14,16H2,1H3,(H,24,26)/b12-10+. The summed E-state index contributed by atoms with van der Waals surface area (Å²) in [4.78, 5) is 12.3. The summed E-state index contributed by atoms with van der Waals surface area (Å²) in [5.41, 5.74) is 1.42. The van der Waals surface area contributed by atoms with Crippen molar-refractivity contribution >= 4 is 33.6 Å². The largest absolute Gasteiger partial charge is 0.495 e. The van der Waals surface area contributed by atoms with Crippen molar-refractivity contribution in [2.75, 3.05) is 20.2 Å². The summed E-state index contributed by atoms with van der Waals surface area (Å²) in [6.07, 6.45) is 5.70. The number of hydrogen-bond acceptors (Lipinski definition) is 4. The first-order valence-electron chi connectivity index (χ1n) is 9.79. The van der Waals surface area contributed by atoms with Crippen molar-refractivity contribution in [3.05, 3.63) is 64.7 Å². The number of sulfonamides is 1. The maximum atomic E-state index is 13.1. The number of nitrogens with one attached hydrogen (secondary N) is 1. The lowest BCUT2D eigenvalue weighted by atomic mass is 10.2. The number of amides is 1. The van der Waals surface area contributed by atoms with Crippen LogP contribution in [0.25, 0.3) is 6.08 Å². The van der Waals surface area contributed by atoms with E-state index >= 15 is 0 Å². The smallest absolute Gasteiger partial charge is 0.246 e. The van der Waals surface area contributed by atoms with Crippen LogP contribution < -0.4 is 10.1 Å². The summed E-state index contributed by atoms with van der Waals surface area (Å²) < 4.78 is 32.9. The van der Waals surface area contributed by atoms with Crippen LogP contribution >= 0.6 is 11.6 Å². The number of piperidine rings is 1. The highest BCUT2D eigenvalue weighted by Crippen LogP contribution is 2.30. The lowest BCUT2D eigenvalue weighted by Crippen LogP contribution is -2.35. The Bertz CT molecular complexity index is 1030. The van der Waals surface area contributed by atoms with Gasteiger partial charge in [0.2, 0.25) is 15.9 Å². The number of benzene rings is 2. The molecule has 1 saturated heterocycles. The van der Waals surface area contributed by atoms with Gasteiger partial charge in [0.1, 0.15) is 10.6 Å². The van der Waals surface area contributed by atoms with E-state index in [9.17, 15) is 13.2 Å². The number of carbonyl (C=O) groups is 1. The average Bonchev–Trinajstić information content (AvgIpc) is 2.77. The lowest BCUT2D eigenvalue weighted by Gasteiger charge is -2.26. The third-order valence-electron chi connectivity index (χ3n) is 4.96. The summed E-state index contributed by atoms with van der Waals surface area (Å²) in [6, 6.07) is 12.1. The van der Waals surface area contributed by atoms with Gasteiger partial charge in [0, 0.05) is 30.7 Å². The van der Waals surface area contributed by atoms with Gasteiger partial charge in [-0.25, -0.2) is 8.42 Å². The topological polar surface area (TPSA) is 75.7 Å². The summed E-state index contributed by atoms with van der Waals surface area (Å²) in [6.45, 7) is 1.33. The molecule has 2 aromatic carbocycles. The Morgan fingerprint density at radius 1 is 1.17 bits per heavy atom. The van der Waals surface area contributed by atoms with Crippen LogP contribution in [0.2, 0.25) is 5.02 Å². The van der Waals surface area contributed by atoms with Crippen LogP contribution in [0.15, 0.2) is 53.4 Å². The highest BCUT2D eigenvalue weighted by Gasteiger charge is 2.28. The SMILES string of the molecule is COc1ccc(/C=C/C(=O)NCc2ccccc2Cl)cc1S(=O)(=O)N1CCCCC1. The van der Waals surface area contributed by atoms with E-state index in [0.29, 0.717) is 36.0 Å². The predicted octanol–water partition coefficient (Wildman–Crippen LogP) is 3.85. The molecule has 0 atom stereocenters. The van der Waals surface area contributed by atoms with Gasteiger partial charge >= 0.3 is 0 Å². The molecule has 0 spiro atoms. The van der Waals surface area contributed by atoms with Gasteiger partial charge in [-0.2, -0.15) is 4.31 Å². The first-order valence-corrected chi connectivity index (χ1v) is 11.6. The van der Waals surface area contributed by atoms with Crippen molar-refractivity contribution < 1.29 is 17.9 Å². The number of methoxy groups -OCH3 is 1. The molecule has 3 rings (SSSR count). The molecule has 2 aromatic rings. The van der Waals surface area contributed by atoms with Crippen LogP contribution in [0, 0.1) is 0 Å². The Kier molecular flexibility index (Phi) is 7.53. The Hall–Kier alpha value is -2.35. The summed E-state index contributed by atoms with van der Waals surface area (Å²) in [5, 5.41) is 3.36. The number of rotatable bonds is 7. The highest BCUT2D eigenvalue weighted by atomic mass is 35.5. The molecule has 1 N–H and O–H groups in total. The van der Waals surface area contributed by atoms with Gasteiger partial charge in [-0.3, -0.25) is 4.79 Å². The number of nitrogens with zero attached hydrogens (tertiary/aromatic N) is 1. The van der Waals surface area contributed by atoms with E-state index in [2.05, 4.69) is 5.32 Å². The molecule has 1 heterocycles. The third kappa shape index (κ3) is 5.41. The molecule has 160 valence electrons. The summed E-state index contributed by atoms with van der Waals surface area (Å²) in [7, 11) is -2.21. The van der Waals surface area contributed by atoms with Crippen LogP contribution in [-0.4, -0.2) is 38.8 Å². The van der Waals surface area contributed by atoms with E-state index in [1.165, 1.54) is 17.5 Å². The molecule has 0 aromatic heterocycles. The minimum Gasteiger partial charge on any atom is -0.495 e. The normalized spacial score (nSPS) is 15.3. The Morgan fingerprint density at radius 2 is 1.90 bits per heavy atom. The van der Waals surface area contributed by atoms with Gasteiger partial charge in [0.05, 0.1) is 7.11 Å². The Morgan fingerprint density at radius 3 is 2.60 bits per heavy atom. The maximum absolute atomic E-state index is 13.1. The number of halogens is 1. The van der Waals surface area contributed by atoms with E-state index in [1.807, 2.05) is 18.2 Å². The second kappa shape index (κ2) is 10.1. The zero-order valence-electron chi connectivity index (χ0n) is 16.8. The quantitative estimate of drug-likeness (QED) is 0.653. The molecule has 8 heteroatoms. The van der Waals surface area contributed by atoms with E-state index in [-0.39, 0.29) is 10.8 Å². The second-order valence-corrected chi connectivity index (χ2v) is 9.33. The van der Waals surface area contributed by atoms with Gasteiger partial charge in [0.25, 0.3) is 0 Å². The van der Waals surface area contributed by atoms with Gasteiger partial charge < -0.3 is 10.1 Å². The molecular weight excluding hydrogens is 424 g/mol. The molecule has 0 aliphatic carbocycles. The minimum absolute atomic E-state index is 0.116. The molecule has 0 radical (unpaired) electrons. The van der Waals surface area contributed by atoms with Crippen LogP contribution in [-0.2, 0) is 21.4 Å². The zero-order valence-corrected chi connectivity index (χ0v) is 18.4. The molecule has 1 aliphatic heterocycles. The van der Waals surface area contributed by atoms with Crippen LogP contribution in [0.4, 0.5) is 0 Å². The Balaban J connectivity index is 1.74. The van der Waals surface area contributed by atoms with Gasteiger partial charge in [-0.15, -0.1) is 0 Å². The van der Waals surface area contributed by atoms with E-state index in [1.54, 1.807) is 30.3 Å². The number of carbonyl (C=O) groups excluding carboxylic acids is 1. The summed E-state index contributed by atoms with van der Waals surface area (Å²) >= 11 is 6.09. The molecule has 6 nitrogen and oxygen atoms in total. The zero-order chi connectivity index (χ0) is 21.6. The molecule has 1 fully saturated rings.